The number of primary amides is 1. The Labute approximate surface area is 200 Å². The summed E-state index contributed by atoms with van der Waals surface area (Å²) in [6, 6.07) is 1.92. The molecule has 0 unspecified atom stereocenters. The molecule has 9 nitrogen and oxygen atoms in total. The lowest BCUT2D eigenvalue weighted by Crippen LogP contribution is -2.54. The van der Waals surface area contributed by atoms with Crippen LogP contribution in [0.4, 0.5) is 4.39 Å². The Morgan fingerprint density at radius 3 is 2.56 bits per heavy atom. The van der Waals surface area contributed by atoms with Crippen LogP contribution in [0, 0.1) is 17.7 Å². The topological polar surface area (TPSA) is 146 Å². The molecule has 6 N–H and O–H groups in total. The Balaban J connectivity index is 1.46. The lowest BCUT2D eigenvalue weighted by Gasteiger charge is -2.27. The largest absolute Gasteiger partial charge is 0.368 e. The first-order valence-electron chi connectivity index (χ1n) is 11.4. The van der Waals surface area contributed by atoms with Crippen molar-refractivity contribution in [1.82, 2.24) is 20.9 Å². The first kappa shape index (κ1) is 24.0. The minimum atomic E-state index is -1.03. The lowest BCUT2D eigenvalue weighted by atomic mass is 9.91. The number of hydrogen-bond donors (Lipinski definition) is 5. The van der Waals surface area contributed by atoms with Crippen LogP contribution in [0.5, 0.6) is 0 Å². The fraction of sp³-hybridized carbons (Fsp3) is 0.478. The SMILES string of the molecule is NC(=O)[C@H](C[C@@H]1CCCNC1=O)NC(=O)[C@H](CC1CC1)NC(=O)c1cc2cc(F)cc(Cl)c2[nH]1. The van der Waals surface area contributed by atoms with Crippen LogP contribution in [0.15, 0.2) is 18.2 Å². The second-order valence-corrected chi connectivity index (χ2v) is 9.48. The maximum Gasteiger partial charge on any atom is 0.268 e. The highest BCUT2D eigenvalue weighted by molar-refractivity contribution is 6.35. The molecule has 4 amide bonds. The van der Waals surface area contributed by atoms with Crippen molar-refractivity contribution in [2.75, 3.05) is 6.54 Å². The van der Waals surface area contributed by atoms with Crippen LogP contribution in [0.1, 0.15) is 49.0 Å². The van der Waals surface area contributed by atoms with Crippen LogP contribution < -0.4 is 21.7 Å². The second-order valence-electron chi connectivity index (χ2n) is 9.07. The van der Waals surface area contributed by atoms with E-state index in [1.54, 1.807) is 0 Å². The Morgan fingerprint density at radius 1 is 1.12 bits per heavy atom. The number of fused-ring (bicyclic) bond motifs is 1. The predicted molar refractivity (Wildman–Crippen MR) is 123 cm³/mol. The molecule has 2 aliphatic rings. The number of aromatic nitrogens is 1. The van der Waals surface area contributed by atoms with Gasteiger partial charge >= 0.3 is 0 Å². The molecule has 182 valence electrons. The van der Waals surface area contributed by atoms with Crippen molar-refractivity contribution in [2.45, 2.75) is 50.6 Å². The first-order valence-corrected chi connectivity index (χ1v) is 11.7. The van der Waals surface area contributed by atoms with Gasteiger partial charge in [0.15, 0.2) is 0 Å². The normalized spacial score (nSPS) is 19.8. The van der Waals surface area contributed by atoms with Gasteiger partial charge in [-0.3, -0.25) is 19.2 Å². The Bertz CT molecular complexity index is 1130. The van der Waals surface area contributed by atoms with E-state index in [9.17, 15) is 23.6 Å². The van der Waals surface area contributed by atoms with Crippen LogP contribution in [0.3, 0.4) is 0 Å². The summed E-state index contributed by atoms with van der Waals surface area (Å²) in [4.78, 5) is 52.9. The van der Waals surface area contributed by atoms with E-state index in [0.29, 0.717) is 36.2 Å². The molecular weight excluding hydrogens is 465 g/mol. The molecule has 1 aromatic heterocycles. The average Bonchev–Trinajstić information content (AvgIpc) is 3.49. The van der Waals surface area contributed by atoms with E-state index in [1.165, 1.54) is 12.1 Å². The Hall–Kier alpha value is -3.14. The third kappa shape index (κ3) is 5.67. The number of carbonyl (C=O) groups is 4. The van der Waals surface area contributed by atoms with Crippen molar-refractivity contribution in [3.8, 4) is 0 Å². The minimum absolute atomic E-state index is 0.100. The fourth-order valence-corrected chi connectivity index (χ4v) is 4.57. The summed E-state index contributed by atoms with van der Waals surface area (Å²) >= 11 is 6.05. The quantitative estimate of drug-likeness (QED) is 0.363. The molecule has 2 aromatic rings. The van der Waals surface area contributed by atoms with Gasteiger partial charge in [0.25, 0.3) is 5.91 Å². The van der Waals surface area contributed by atoms with Gasteiger partial charge in [0.2, 0.25) is 17.7 Å². The zero-order valence-corrected chi connectivity index (χ0v) is 19.2. The van der Waals surface area contributed by atoms with E-state index in [2.05, 4.69) is 20.9 Å². The van der Waals surface area contributed by atoms with Gasteiger partial charge in [-0.15, -0.1) is 0 Å². The molecule has 34 heavy (non-hydrogen) atoms. The smallest absolute Gasteiger partial charge is 0.268 e. The summed E-state index contributed by atoms with van der Waals surface area (Å²) in [5.41, 5.74) is 6.04. The van der Waals surface area contributed by atoms with E-state index in [1.807, 2.05) is 0 Å². The van der Waals surface area contributed by atoms with Gasteiger partial charge in [0, 0.05) is 17.8 Å². The summed E-state index contributed by atoms with van der Waals surface area (Å²) in [5, 5.41) is 8.65. The molecule has 3 atom stereocenters. The maximum atomic E-state index is 13.6. The van der Waals surface area contributed by atoms with Crippen LogP contribution in [-0.4, -0.2) is 47.2 Å². The number of carbonyl (C=O) groups excluding carboxylic acids is 4. The van der Waals surface area contributed by atoms with E-state index in [-0.39, 0.29) is 23.0 Å². The van der Waals surface area contributed by atoms with Crippen molar-refractivity contribution in [3.63, 3.8) is 0 Å². The summed E-state index contributed by atoms with van der Waals surface area (Å²) < 4.78 is 13.6. The lowest BCUT2D eigenvalue weighted by molar-refractivity contribution is -0.131. The first-order chi connectivity index (χ1) is 16.2. The molecule has 0 spiro atoms. The van der Waals surface area contributed by atoms with Gasteiger partial charge in [0.1, 0.15) is 23.6 Å². The third-order valence-electron chi connectivity index (χ3n) is 6.36. The van der Waals surface area contributed by atoms with E-state index >= 15 is 0 Å². The number of H-pyrrole nitrogens is 1. The highest BCUT2D eigenvalue weighted by Crippen LogP contribution is 2.34. The zero-order chi connectivity index (χ0) is 24.4. The van der Waals surface area contributed by atoms with E-state index < -0.39 is 41.5 Å². The van der Waals surface area contributed by atoms with Gasteiger partial charge < -0.3 is 26.7 Å². The molecule has 0 bridgehead atoms. The number of amides is 4. The monoisotopic (exact) mass is 491 g/mol. The van der Waals surface area contributed by atoms with Crippen LogP contribution >= 0.6 is 11.6 Å². The highest BCUT2D eigenvalue weighted by Gasteiger charge is 2.34. The third-order valence-corrected chi connectivity index (χ3v) is 6.66. The van der Waals surface area contributed by atoms with E-state index in [0.717, 1.165) is 25.3 Å². The predicted octanol–water partition coefficient (Wildman–Crippen LogP) is 1.75. The standard InChI is InChI=1S/C23H27ClFN5O4/c24-15-10-14(25)7-13-9-18(28-19(13)15)23(34)30-17(6-11-3-4-11)22(33)29-16(20(26)31)8-12-2-1-5-27-21(12)32/h7,9-12,16-17,28H,1-6,8H2,(H2,26,31)(H,27,32)(H,29,33)(H,30,34)/t12-,16-,17-/m0/s1. The van der Waals surface area contributed by atoms with E-state index in [4.69, 9.17) is 17.3 Å². The Morgan fingerprint density at radius 2 is 1.88 bits per heavy atom. The van der Waals surface area contributed by atoms with Crippen LogP contribution in [0.25, 0.3) is 10.9 Å². The highest BCUT2D eigenvalue weighted by atomic mass is 35.5. The average molecular weight is 492 g/mol. The molecular formula is C23H27ClFN5O4. The summed E-state index contributed by atoms with van der Waals surface area (Å²) in [7, 11) is 0. The number of rotatable bonds is 9. The van der Waals surface area contributed by atoms with Gasteiger partial charge in [-0.2, -0.15) is 0 Å². The number of hydrogen-bond acceptors (Lipinski definition) is 4. The molecule has 1 saturated carbocycles. The van der Waals surface area contributed by atoms with Crippen molar-refractivity contribution in [2.24, 2.45) is 17.6 Å². The molecule has 1 aromatic carbocycles. The molecule has 0 radical (unpaired) electrons. The van der Waals surface area contributed by atoms with Crippen molar-refractivity contribution in [3.05, 3.63) is 34.7 Å². The number of benzene rings is 1. The van der Waals surface area contributed by atoms with Gasteiger partial charge in [-0.25, -0.2) is 4.39 Å². The number of nitrogens with two attached hydrogens (primary N) is 1. The number of nitrogens with one attached hydrogen (secondary N) is 4. The summed E-state index contributed by atoms with van der Waals surface area (Å²) in [6.45, 7) is 0.587. The molecule has 2 fully saturated rings. The molecule has 4 rings (SSSR count). The molecule has 1 aliphatic carbocycles. The number of halogens is 2. The zero-order valence-electron chi connectivity index (χ0n) is 18.5. The van der Waals surface area contributed by atoms with Crippen LogP contribution in [0.2, 0.25) is 5.02 Å². The molecule has 1 aliphatic heterocycles. The maximum absolute atomic E-state index is 13.6. The summed E-state index contributed by atoms with van der Waals surface area (Å²) in [6.07, 6.45) is 3.79. The number of aromatic amines is 1. The Kier molecular flexibility index (Phi) is 7.06. The second kappa shape index (κ2) is 10.0. The van der Waals surface area contributed by atoms with Gasteiger partial charge in [-0.1, -0.05) is 24.4 Å². The molecule has 1 saturated heterocycles. The molecule has 11 heteroatoms. The fourth-order valence-electron chi connectivity index (χ4n) is 4.31. The van der Waals surface area contributed by atoms with Gasteiger partial charge in [0.05, 0.1) is 10.5 Å². The van der Waals surface area contributed by atoms with Crippen LogP contribution in [-0.2, 0) is 14.4 Å². The van der Waals surface area contributed by atoms with Crippen molar-refractivity contribution >= 4 is 46.1 Å². The van der Waals surface area contributed by atoms with Crippen molar-refractivity contribution < 1.29 is 23.6 Å². The van der Waals surface area contributed by atoms with Gasteiger partial charge in [-0.05, 0) is 49.8 Å². The molecule has 2 heterocycles. The van der Waals surface area contributed by atoms with Crippen molar-refractivity contribution in [1.29, 1.82) is 0 Å². The minimum Gasteiger partial charge on any atom is -0.368 e. The number of piperidine rings is 1. The summed E-state index contributed by atoms with van der Waals surface area (Å²) in [5.74, 6) is -2.66.